The van der Waals surface area contributed by atoms with Crippen molar-refractivity contribution in [3.05, 3.63) is 36.1 Å². The van der Waals surface area contributed by atoms with E-state index in [0.717, 1.165) is 5.39 Å². The van der Waals surface area contributed by atoms with E-state index in [0.29, 0.717) is 5.58 Å². The first-order valence-corrected chi connectivity index (χ1v) is 5.38. The number of carbonyl (C=O) groups excluding carboxylic acids is 1. The fraction of sp³-hybridized carbons (Fsp3) is 0.167. The van der Waals surface area contributed by atoms with E-state index in [1.807, 2.05) is 18.2 Å². The highest BCUT2D eigenvalue weighted by atomic mass is 16.4. The highest BCUT2D eigenvalue weighted by Gasteiger charge is 2.16. The van der Waals surface area contributed by atoms with E-state index in [1.165, 1.54) is 0 Å². The average molecular weight is 247 g/mol. The molecule has 0 aliphatic heterocycles. The van der Waals surface area contributed by atoms with E-state index in [1.54, 1.807) is 19.1 Å². The van der Waals surface area contributed by atoms with Crippen LogP contribution in [0.1, 0.15) is 17.5 Å². The first-order chi connectivity index (χ1) is 8.61. The number of para-hydroxylation sites is 1. The molecule has 1 aromatic heterocycles. The molecule has 2 aromatic rings. The fourth-order valence-electron chi connectivity index (χ4n) is 1.52. The summed E-state index contributed by atoms with van der Waals surface area (Å²) in [5.41, 5.74) is 6.01. The van der Waals surface area contributed by atoms with Crippen LogP contribution >= 0.6 is 0 Å². The zero-order valence-corrected chi connectivity index (χ0v) is 9.75. The molecular weight excluding hydrogens is 234 g/mol. The summed E-state index contributed by atoms with van der Waals surface area (Å²) < 4.78 is 5.39. The van der Waals surface area contributed by atoms with Gasteiger partial charge in [-0.1, -0.05) is 23.4 Å². The Labute approximate surface area is 103 Å². The number of oxime groups is 1. The van der Waals surface area contributed by atoms with Crippen LogP contribution in [0.2, 0.25) is 0 Å². The van der Waals surface area contributed by atoms with Crippen molar-refractivity contribution in [3.8, 4) is 0 Å². The lowest BCUT2D eigenvalue weighted by Crippen LogP contribution is -2.42. The molecule has 6 heteroatoms. The number of nitrogens with two attached hydrogens (primary N) is 1. The monoisotopic (exact) mass is 247 g/mol. The van der Waals surface area contributed by atoms with Crippen LogP contribution in [0.3, 0.4) is 0 Å². The quantitative estimate of drug-likeness (QED) is 0.329. The second-order valence-electron chi connectivity index (χ2n) is 3.87. The molecule has 1 heterocycles. The molecule has 1 atom stereocenters. The van der Waals surface area contributed by atoms with Gasteiger partial charge in [0.15, 0.2) is 11.6 Å². The van der Waals surface area contributed by atoms with Crippen LogP contribution in [0.4, 0.5) is 0 Å². The van der Waals surface area contributed by atoms with E-state index in [-0.39, 0.29) is 11.6 Å². The van der Waals surface area contributed by atoms with Gasteiger partial charge in [-0.25, -0.2) is 0 Å². The molecule has 1 amide bonds. The summed E-state index contributed by atoms with van der Waals surface area (Å²) in [6.07, 6.45) is 0. The molecule has 0 saturated carbocycles. The lowest BCUT2D eigenvalue weighted by atomic mass is 10.2. The Hall–Kier alpha value is -2.50. The lowest BCUT2D eigenvalue weighted by molar-refractivity contribution is 0.0923. The molecular formula is C12H13N3O3. The minimum atomic E-state index is -0.573. The van der Waals surface area contributed by atoms with Crippen molar-refractivity contribution >= 4 is 22.7 Å². The predicted molar refractivity (Wildman–Crippen MR) is 66.6 cm³/mol. The van der Waals surface area contributed by atoms with Crippen molar-refractivity contribution in [2.75, 3.05) is 0 Å². The minimum Gasteiger partial charge on any atom is -0.451 e. The summed E-state index contributed by atoms with van der Waals surface area (Å²) in [6, 6.07) is 8.38. The number of hydrogen-bond acceptors (Lipinski definition) is 4. The summed E-state index contributed by atoms with van der Waals surface area (Å²) in [4.78, 5) is 11.8. The number of nitrogens with one attached hydrogen (secondary N) is 1. The van der Waals surface area contributed by atoms with Gasteiger partial charge in [0.2, 0.25) is 0 Å². The fourth-order valence-corrected chi connectivity index (χ4v) is 1.52. The van der Waals surface area contributed by atoms with Crippen molar-refractivity contribution in [2.45, 2.75) is 13.0 Å². The van der Waals surface area contributed by atoms with E-state index in [4.69, 9.17) is 15.4 Å². The Balaban J connectivity index is 2.18. The summed E-state index contributed by atoms with van der Waals surface area (Å²) >= 11 is 0. The Morgan fingerprint density at radius 3 is 2.89 bits per heavy atom. The van der Waals surface area contributed by atoms with E-state index >= 15 is 0 Å². The largest absolute Gasteiger partial charge is 0.451 e. The number of benzene rings is 1. The van der Waals surface area contributed by atoms with Gasteiger partial charge in [-0.15, -0.1) is 0 Å². The van der Waals surface area contributed by atoms with Crippen molar-refractivity contribution in [1.29, 1.82) is 0 Å². The number of carbonyl (C=O) groups is 1. The summed E-state index contributed by atoms with van der Waals surface area (Å²) in [5, 5.41) is 14.7. The van der Waals surface area contributed by atoms with Crippen LogP contribution in [0.15, 0.2) is 39.9 Å². The molecule has 0 fully saturated rings. The number of furan rings is 1. The van der Waals surface area contributed by atoms with E-state index < -0.39 is 11.9 Å². The first kappa shape index (κ1) is 12.0. The van der Waals surface area contributed by atoms with Gasteiger partial charge in [0.1, 0.15) is 5.58 Å². The number of rotatable bonds is 3. The molecule has 18 heavy (non-hydrogen) atoms. The third kappa shape index (κ3) is 2.27. The number of hydrogen-bond donors (Lipinski definition) is 3. The highest BCUT2D eigenvalue weighted by Crippen LogP contribution is 2.18. The zero-order valence-electron chi connectivity index (χ0n) is 9.75. The maximum Gasteiger partial charge on any atom is 0.287 e. The minimum absolute atomic E-state index is 0.0699. The summed E-state index contributed by atoms with van der Waals surface area (Å²) in [5.74, 6) is -0.293. The maximum atomic E-state index is 11.8. The molecule has 0 aliphatic carbocycles. The van der Waals surface area contributed by atoms with Crippen LogP contribution in [0, 0.1) is 0 Å². The molecule has 0 spiro atoms. The van der Waals surface area contributed by atoms with Crippen LogP contribution in [0.25, 0.3) is 11.0 Å². The molecule has 4 N–H and O–H groups in total. The topological polar surface area (TPSA) is 101 Å². The second kappa shape index (κ2) is 4.79. The number of amides is 1. The molecule has 0 saturated heterocycles. The van der Waals surface area contributed by atoms with Gasteiger partial charge in [0.05, 0.1) is 6.04 Å². The molecule has 1 aromatic carbocycles. The van der Waals surface area contributed by atoms with Crippen LogP contribution in [-0.2, 0) is 0 Å². The van der Waals surface area contributed by atoms with Crippen molar-refractivity contribution in [1.82, 2.24) is 5.32 Å². The SMILES string of the molecule is CC(NC(=O)c1cc2ccccc2o1)/C(N)=N/O. The number of amidine groups is 1. The predicted octanol–water partition coefficient (Wildman–Crippen LogP) is 1.30. The normalized spacial score (nSPS) is 13.5. The highest BCUT2D eigenvalue weighted by molar-refractivity contribution is 5.99. The molecule has 94 valence electrons. The van der Waals surface area contributed by atoms with Crippen LogP contribution < -0.4 is 11.1 Å². The zero-order chi connectivity index (χ0) is 13.1. The first-order valence-electron chi connectivity index (χ1n) is 5.38. The van der Waals surface area contributed by atoms with Crippen molar-refractivity contribution in [2.24, 2.45) is 10.9 Å². The molecule has 6 nitrogen and oxygen atoms in total. The van der Waals surface area contributed by atoms with Gasteiger partial charge in [-0.3, -0.25) is 4.79 Å². The standard InChI is InChI=1S/C12H13N3O3/c1-7(11(13)15-17)14-12(16)10-6-8-4-2-3-5-9(8)18-10/h2-7,17H,1H3,(H2,13,15)(H,14,16). The third-order valence-electron chi connectivity index (χ3n) is 2.56. The Bertz CT molecular complexity index is 570. The summed E-state index contributed by atoms with van der Waals surface area (Å²) in [6.45, 7) is 1.61. The number of nitrogens with zero attached hydrogens (tertiary/aromatic N) is 1. The molecule has 0 aliphatic rings. The summed E-state index contributed by atoms with van der Waals surface area (Å²) in [7, 11) is 0. The maximum absolute atomic E-state index is 11.8. The second-order valence-corrected chi connectivity index (χ2v) is 3.87. The third-order valence-corrected chi connectivity index (χ3v) is 2.56. The molecule has 0 bridgehead atoms. The van der Waals surface area contributed by atoms with E-state index in [2.05, 4.69) is 10.5 Å². The van der Waals surface area contributed by atoms with Gasteiger partial charge >= 0.3 is 0 Å². The smallest absolute Gasteiger partial charge is 0.287 e. The lowest BCUT2D eigenvalue weighted by Gasteiger charge is -2.10. The van der Waals surface area contributed by atoms with Gasteiger partial charge in [-0.2, -0.15) is 0 Å². The Kier molecular flexibility index (Phi) is 3.18. The average Bonchev–Trinajstić information content (AvgIpc) is 2.81. The van der Waals surface area contributed by atoms with Gasteiger partial charge in [0, 0.05) is 5.39 Å². The van der Waals surface area contributed by atoms with Crippen LogP contribution in [0.5, 0.6) is 0 Å². The van der Waals surface area contributed by atoms with E-state index in [9.17, 15) is 4.79 Å². The molecule has 0 radical (unpaired) electrons. The van der Waals surface area contributed by atoms with Gasteiger partial charge in [0.25, 0.3) is 5.91 Å². The Morgan fingerprint density at radius 1 is 1.50 bits per heavy atom. The molecule has 2 rings (SSSR count). The van der Waals surface area contributed by atoms with Crippen molar-refractivity contribution < 1.29 is 14.4 Å². The Morgan fingerprint density at radius 2 is 2.22 bits per heavy atom. The molecule has 1 unspecified atom stereocenters. The van der Waals surface area contributed by atoms with Gasteiger partial charge in [-0.05, 0) is 19.1 Å². The van der Waals surface area contributed by atoms with Gasteiger partial charge < -0.3 is 20.7 Å². The van der Waals surface area contributed by atoms with Crippen molar-refractivity contribution in [3.63, 3.8) is 0 Å². The van der Waals surface area contributed by atoms with Crippen LogP contribution in [-0.4, -0.2) is 23.0 Å². The number of fused-ring (bicyclic) bond motifs is 1.